The summed E-state index contributed by atoms with van der Waals surface area (Å²) in [7, 11) is 0. The molecule has 1 aromatic heterocycles. The molecule has 2 aromatic carbocycles. The molecule has 0 aliphatic heterocycles. The molecule has 6 nitrogen and oxygen atoms in total. The lowest BCUT2D eigenvalue weighted by Gasteiger charge is -2.08. The van der Waals surface area contributed by atoms with Gasteiger partial charge in [0.1, 0.15) is 5.82 Å². The molecule has 0 radical (unpaired) electrons. The van der Waals surface area contributed by atoms with Gasteiger partial charge < -0.3 is 10.6 Å². The molecular weight excluding hydrogens is 319 g/mol. The van der Waals surface area contributed by atoms with Gasteiger partial charge in [0.25, 0.3) is 0 Å². The van der Waals surface area contributed by atoms with Crippen molar-refractivity contribution in [1.29, 1.82) is 5.26 Å². The highest BCUT2D eigenvalue weighted by atomic mass is 19.1. The number of hydrogen-bond acceptors (Lipinski definition) is 6. The fourth-order valence-corrected chi connectivity index (χ4v) is 2.18. The van der Waals surface area contributed by atoms with Gasteiger partial charge in [0.15, 0.2) is 5.82 Å². The van der Waals surface area contributed by atoms with Gasteiger partial charge >= 0.3 is 0 Å². The van der Waals surface area contributed by atoms with E-state index < -0.39 is 0 Å². The van der Waals surface area contributed by atoms with Crippen molar-refractivity contribution < 1.29 is 4.39 Å². The standard InChI is InChI=1S/C18H15FN6/c19-15-5-1-13(2-6-15)9-10-21-17-12-22-25-18(24-17)23-16-7-3-14(11-20)4-8-16/h1-8,12H,9-10H2,(H2,21,23,24,25). The Hall–Kier alpha value is -3.53. The first-order valence-electron chi connectivity index (χ1n) is 7.68. The van der Waals surface area contributed by atoms with Gasteiger partial charge in [0.05, 0.1) is 17.8 Å². The van der Waals surface area contributed by atoms with Crippen LogP contribution in [0, 0.1) is 17.1 Å². The topological polar surface area (TPSA) is 86.5 Å². The molecule has 7 heteroatoms. The zero-order valence-electron chi connectivity index (χ0n) is 13.3. The molecule has 0 spiro atoms. The second kappa shape index (κ2) is 7.84. The molecule has 1 heterocycles. The van der Waals surface area contributed by atoms with Crippen LogP contribution < -0.4 is 10.6 Å². The van der Waals surface area contributed by atoms with Crippen LogP contribution in [0.1, 0.15) is 11.1 Å². The molecular formula is C18H15FN6. The predicted molar refractivity (Wildman–Crippen MR) is 92.9 cm³/mol. The normalized spacial score (nSPS) is 10.1. The van der Waals surface area contributed by atoms with Crippen LogP contribution in [0.2, 0.25) is 0 Å². The number of benzene rings is 2. The van der Waals surface area contributed by atoms with E-state index >= 15 is 0 Å². The summed E-state index contributed by atoms with van der Waals surface area (Å²) in [4.78, 5) is 4.34. The first kappa shape index (κ1) is 16.3. The highest BCUT2D eigenvalue weighted by Gasteiger charge is 2.02. The first-order valence-corrected chi connectivity index (χ1v) is 7.68. The number of aromatic nitrogens is 3. The van der Waals surface area contributed by atoms with Crippen LogP contribution in [0.3, 0.4) is 0 Å². The highest BCUT2D eigenvalue weighted by molar-refractivity contribution is 5.55. The van der Waals surface area contributed by atoms with E-state index in [1.807, 2.05) is 0 Å². The van der Waals surface area contributed by atoms with Gasteiger partial charge in [-0.15, -0.1) is 5.10 Å². The number of halogens is 1. The van der Waals surface area contributed by atoms with Gasteiger partial charge in [-0.1, -0.05) is 12.1 Å². The summed E-state index contributed by atoms with van der Waals surface area (Å²) < 4.78 is 12.9. The average Bonchev–Trinajstić information content (AvgIpc) is 2.64. The first-order chi connectivity index (χ1) is 12.2. The van der Waals surface area contributed by atoms with Crippen LogP contribution in [0.4, 0.5) is 21.8 Å². The number of rotatable bonds is 6. The van der Waals surface area contributed by atoms with Crippen molar-refractivity contribution in [2.24, 2.45) is 0 Å². The van der Waals surface area contributed by atoms with E-state index in [0.717, 1.165) is 17.7 Å². The molecule has 0 saturated carbocycles. The predicted octanol–water partition coefficient (Wildman–Crippen LogP) is 3.28. The minimum Gasteiger partial charge on any atom is -0.368 e. The summed E-state index contributed by atoms with van der Waals surface area (Å²) in [5.74, 6) is 0.708. The summed E-state index contributed by atoms with van der Waals surface area (Å²) >= 11 is 0. The quantitative estimate of drug-likeness (QED) is 0.719. The maximum atomic E-state index is 12.9. The lowest BCUT2D eigenvalue weighted by Crippen LogP contribution is -2.08. The van der Waals surface area contributed by atoms with Crippen molar-refractivity contribution in [3.8, 4) is 6.07 Å². The molecule has 25 heavy (non-hydrogen) atoms. The van der Waals surface area contributed by atoms with E-state index in [9.17, 15) is 4.39 Å². The second-order valence-corrected chi connectivity index (χ2v) is 5.28. The molecule has 3 aromatic rings. The zero-order valence-corrected chi connectivity index (χ0v) is 13.3. The Kier molecular flexibility index (Phi) is 5.12. The lowest BCUT2D eigenvalue weighted by atomic mass is 10.1. The minimum absolute atomic E-state index is 0.241. The summed E-state index contributed by atoms with van der Waals surface area (Å²) in [6.45, 7) is 0.640. The molecule has 2 N–H and O–H groups in total. The van der Waals surface area contributed by atoms with Gasteiger partial charge in [0, 0.05) is 12.2 Å². The SMILES string of the molecule is N#Cc1ccc(Nc2nncc(NCCc3ccc(F)cc3)n2)cc1. The van der Waals surface area contributed by atoms with Crippen LogP contribution in [0.5, 0.6) is 0 Å². The molecule has 0 saturated heterocycles. The Morgan fingerprint density at radius 1 is 1.04 bits per heavy atom. The van der Waals surface area contributed by atoms with Crippen molar-refractivity contribution >= 4 is 17.5 Å². The number of nitrogens with one attached hydrogen (secondary N) is 2. The molecule has 0 aliphatic carbocycles. The van der Waals surface area contributed by atoms with Gasteiger partial charge in [-0.25, -0.2) is 4.39 Å². The van der Waals surface area contributed by atoms with E-state index in [1.165, 1.54) is 18.3 Å². The Labute approximate surface area is 144 Å². The molecule has 124 valence electrons. The van der Waals surface area contributed by atoms with Crippen molar-refractivity contribution in [2.45, 2.75) is 6.42 Å². The van der Waals surface area contributed by atoms with Crippen molar-refractivity contribution in [2.75, 3.05) is 17.2 Å². The summed E-state index contributed by atoms with van der Waals surface area (Å²) in [5, 5.41) is 22.8. The average molecular weight is 334 g/mol. The zero-order chi connectivity index (χ0) is 17.5. The van der Waals surface area contributed by atoms with E-state index in [0.29, 0.717) is 23.9 Å². The van der Waals surface area contributed by atoms with Crippen LogP contribution in [0.25, 0.3) is 0 Å². The van der Waals surface area contributed by atoms with Crippen LogP contribution in [0.15, 0.2) is 54.7 Å². The third-order valence-electron chi connectivity index (χ3n) is 3.46. The fourth-order valence-electron chi connectivity index (χ4n) is 2.18. The molecule has 0 fully saturated rings. The number of nitriles is 1. The number of hydrogen-bond donors (Lipinski definition) is 2. The van der Waals surface area contributed by atoms with E-state index in [-0.39, 0.29) is 5.82 Å². The largest absolute Gasteiger partial charge is 0.368 e. The summed E-state index contributed by atoms with van der Waals surface area (Å²) in [5.41, 5.74) is 2.39. The molecule has 0 bridgehead atoms. The summed E-state index contributed by atoms with van der Waals surface area (Å²) in [6, 6.07) is 15.4. The van der Waals surface area contributed by atoms with Crippen molar-refractivity contribution in [3.63, 3.8) is 0 Å². The molecule has 0 amide bonds. The second-order valence-electron chi connectivity index (χ2n) is 5.28. The maximum absolute atomic E-state index is 12.9. The molecule has 3 rings (SSSR count). The Morgan fingerprint density at radius 2 is 1.80 bits per heavy atom. The van der Waals surface area contributed by atoms with Crippen LogP contribution in [-0.4, -0.2) is 21.7 Å². The minimum atomic E-state index is -0.241. The molecule has 0 aliphatic rings. The molecule has 0 unspecified atom stereocenters. The fraction of sp³-hybridized carbons (Fsp3) is 0.111. The maximum Gasteiger partial charge on any atom is 0.249 e. The summed E-state index contributed by atoms with van der Waals surface area (Å²) in [6.07, 6.45) is 2.28. The van der Waals surface area contributed by atoms with Gasteiger partial charge in [0.2, 0.25) is 5.95 Å². The van der Waals surface area contributed by atoms with Crippen molar-refractivity contribution in [3.05, 3.63) is 71.7 Å². The third kappa shape index (κ3) is 4.72. The highest BCUT2D eigenvalue weighted by Crippen LogP contribution is 2.14. The lowest BCUT2D eigenvalue weighted by molar-refractivity contribution is 0.627. The van der Waals surface area contributed by atoms with Gasteiger partial charge in [-0.05, 0) is 48.4 Å². The number of nitrogens with zero attached hydrogens (tertiary/aromatic N) is 4. The van der Waals surface area contributed by atoms with Gasteiger partial charge in [-0.3, -0.25) is 0 Å². The van der Waals surface area contributed by atoms with E-state index in [2.05, 4.69) is 31.9 Å². The van der Waals surface area contributed by atoms with Crippen LogP contribution >= 0.6 is 0 Å². The van der Waals surface area contributed by atoms with Gasteiger partial charge in [-0.2, -0.15) is 15.3 Å². The Balaban J connectivity index is 1.57. The van der Waals surface area contributed by atoms with Crippen LogP contribution in [-0.2, 0) is 6.42 Å². The van der Waals surface area contributed by atoms with E-state index in [4.69, 9.17) is 5.26 Å². The Morgan fingerprint density at radius 3 is 2.52 bits per heavy atom. The monoisotopic (exact) mass is 334 g/mol. The van der Waals surface area contributed by atoms with Crippen molar-refractivity contribution in [1.82, 2.24) is 15.2 Å². The smallest absolute Gasteiger partial charge is 0.249 e. The molecule has 0 atom stereocenters. The van der Waals surface area contributed by atoms with E-state index in [1.54, 1.807) is 36.4 Å². The Bertz CT molecular complexity index is 871. The number of anilines is 3. The third-order valence-corrected chi connectivity index (χ3v) is 3.46.